The molecule has 0 saturated heterocycles. The molecule has 0 aromatic heterocycles. The fourth-order valence-electron chi connectivity index (χ4n) is 1.91. The maximum absolute atomic E-state index is 12.7. The summed E-state index contributed by atoms with van der Waals surface area (Å²) in [5.74, 6) is -2.27. The molecule has 0 bridgehead atoms. The Hall–Kier alpha value is -0.180. The van der Waals surface area contributed by atoms with E-state index >= 15 is 0 Å². The van der Waals surface area contributed by atoms with Crippen molar-refractivity contribution in [2.24, 2.45) is 11.8 Å². The molecule has 0 aromatic rings. The average Bonchev–Trinajstić information content (AvgIpc) is 1.83. The van der Waals surface area contributed by atoms with Gasteiger partial charge in [0.1, 0.15) is 0 Å². The molecule has 3 heteroatoms. The van der Waals surface area contributed by atoms with Gasteiger partial charge in [-0.15, -0.1) is 0 Å². The quantitative estimate of drug-likeness (QED) is 0.653. The van der Waals surface area contributed by atoms with Gasteiger partial charge >= 0.3 is 0 Å². The molecule has 0 radical (unpaired) electrons. The van der Waals surface area contributed by atoms with Crippen LogP contribution in [0, 0.1) is 11.8 Å². The fraction of sp³-hybridized carbons (Fsp3) is 1.00. The van der Waals surface area contributed by atoms with Crippen LogP contribution in [0.2, 0.25) is 0 Å². The lowest BCUT2D eigenvalue weighted by Crippen LogP contribution is -2.38. The van der Waals surface area contributed by atoms with Crippen LogP contribution in [0.25, 0.3) is 0 Å². The molecule has 0 spiro atoms. The lowest BCUT2D eigenvalue weighted by atomic mass is 9.78. The standard InChI is InChI=1S/C9H16F2O/c1-6(2)7-3-4-9(10,11)5-8(7)12/h6-8,12H,3-5H2,1-2H3/t7-,8-/m1/s1. The number of rotatable bonds is 1. The molecule has 0 aliphatic heterocycles. The van der Waals surface area contributed by atoms with Gasteiger partial charge in [-0.25, -0.2) is 8.78 Å². The maximum atomic E-state index is 12.7. The van der Waals surface area contributed by atoms with Gasteiger partial charge in [-0.2, -0.15) is 0 Å². The van der Waals surface area contributed by atoms with Crippen molar-refractivity contribution in [1.82, 2.24) is 0 Å². The predicted molar refractivity (Wildman–Crippen MR) is 43.1 cm³/mol. The van der Waals surface area contributed by atoms with E-state index in [-0.39, 0.29) is 18.8 Å². The molecular formula is C9H16F2O. The number of halogens is 2. The van der Waals surface area contributed by atoms with Crippen LogP contribution < -0.4 is 0 Å². The highest BCUT2D eigenvalue weighted by Gasteiger charge is 2.41. The fourth-order valence-corrected chi connectivity index (χ4v) is 1.91. The number of aliphatic hydroxyl groups is 1. The molecular weight excluding hydrogens is 162 g/mol. The number of hydrogen-bond donors (Lipinski definition) is 1. The van der Waals surface area contributed by atoms with Crippen LogP contribution >= 0.6 is 0 Å². The first-order valence-corrected chi connectivity index (χ1v) is 4.48. The van der Waals surface area contributed by atoms with Crippen LogP contribution in [0.5, 0.6) is 0 Å². The third-order valence-electron chi connectivity index (χ3n) is 2.70. The van der Waals surface area contributed by atoms with E-state index < -0.39 is 12.0 Å². The lowest BCUT2D eigenvalue weighted by Gasteiger charge is -2.35. The molecule has 1 fully saturated rings. The van der Waals surface area contributed by atoms with Crippen molar-refractivity contribution in [3.05, 3.63) is 0 Å². The van der Waals surface area contributed by atoms with Crippen molar-refractivity contribution in [1.29, 1.82) is 0 Å². The second-order valence-corrected chi connectivity index (χ2v) is 4.07. The summed E-state index contributed by atoms with van der Waals surface area (Å²) in [5, 5.41) is 9.39. The Morgan fingerprint density at radius 3 is 2.42 bits per heavy atom. The summed E-state index contributed by atoms with van der Waals surface area (Å²) in [7, 11) is 0. The summed E-state index contributed by atoms with van der Waals surface area (Å²) in [4.78, 5) is 0. The van der Waals surface area contributed by atoms with Crippen molar-refractivity contribution in [3.63, 3.8) is 0 Å². The van der Waals surface area contributed by atoms with Gasteiger partial charge in [-0.05, 0) is 18.3 Å². The van der Waals surface area contributed by atoms with Gasteiger partial charge in [0.25, 0.3) is 5.92 Å². The second kappa shape index (κ2) is 3.29. The Bertz CT molecular complexity index is 157. The van der Waals surface area contributed by atoms with E-state index in [1.165, 1.54) is 0 Å². The van der Waals surface area contributed by atoms with Crippen molar-refractivity contribution < 1.29 is 13.9 Å². The Morgan fingerprint density at radius 1 is 1.42 bits per heavy atom. The third-order valence-corrected chi connectivity index (χ3v) is 2.70. The SMILES string of the molecule is CC(C)[C@H]1CCC(F)(F)C[C@H]1O. The monoisotopic (exact) mass is 178 g/mol. The van der Waals surface area contributed by atoms with Gasteiger partial charge in [0, 0.05) is 12.8 Å². The summed E-state index contributed by atoms with van der Waals surface area (Å²) >= 11 is 0. The summed E-state index contributed by atoms with van der Waals surface area (Å²) in [6.07, 6.45) is -0.775. The molecule has 0 aromatic carbocycles. The summed E-state index contributed by atoms with van der Waals surface area (Å²) in [6, 6.07) is 0. The van der Waals surface area contributed by atoms with Crippen molar-refractivity contribution in [2.45, 2.75) is 45.1 Å². The largest absolute Gasteiger partial charge is 0.393 e. The van der Waals surface area contributed by atoms with Crippen LogP contribution in [0.4, 0.5) is 8.78 Å². The molecule has 0 heterocycles. The first-order valence-electron chi connectivity index (χ1n) is 4.48. The van der Waals surface area contributed by atoms with Crippen molar-refractivity contribution in [3.8, 4) is 0 Å². The van der Waals surface area contributed by atoms with Crippen molar-refractivity contribution in [2.75, 3.05) is 0 Å². The topological polar surface area (TPSA) is 20.2 Å². The number of alkyl halides is 2. The van der Waals surface area contributed by atoms with E-state index in [9.17, 15) is 13.9 Å². The minimum atomic E-state index is -2.63. The smallest absolute Gasteiger partial charge is 0.250 e. The van der Waals surface area contributed by atoms with Crippen LogP contribution in [0.1, 0.15) is 33.1 Å². The van der Waals surface area contributed by atoms with E-state index in [1.807, 2.05) is 13.8 Å². The molecule has 1 saturated carbocycles. The molecule has 1 nitrogen and oxygen atoms in total. The van der Waals surface area contributed by atoms with Crippen molar-refractivity contribution >= 4 is 0 Å². The van der Waals surface area contributed by atoms with E-state index in [2.05, 4.69) is 0 Å². The summed E-state index contributed by atoms with van der Waals surface area (Å²) in [6.45, 7) is 3.94. The normalized spacial score (nSPS) is 35.5. The zero-order valence-corrected chi connectivity index (χ0v) is 7.56. The van der Waals surface area contributed by atoms with Gasteiger partial charge in [-0.3, -0.25) is 0 Å². The zero-order chi connectivity index (χ0) is 9.35. The number of hydrogen-bond acceptors (Lipinski definition) is 1. The molecule has 1 N–H and O–H groups in total. The van der Waals surface area contributed by atoms with Gasteiger partial charge in [0.2, 0.25) is 0 Å². The van der Waals surface area contributed by atoms with Gasteiger partial charge in [0.15, 0.2) is 0 Å². The predicted octanol–water partition coefficient (Wildman–Crippen LogP) is 2.44. The summed E-state index contributed by atoms with van der Waals surface area (Å²) < 4.78 is 25.5. The lowest BCUT2D eigenvalue weighted by molar-refractivity contribution is -0.105. The first kappa shape index (κ1) is 9.90. The Balaban J connectivity index is 2.54. The van der Waals surface area contributed by atoms with Crippen LogP contribution in [-0.4, -0.2) is 17.1 Å². The molecule has 12 heavy (non-hydrogen) atoms. The molecule has 1 rings (SSSR count). The molecule has 0 unspecified atom stereocenters. The molecule has 0 amide bonds. The minimum absolute atomic E-state index is 0.0598. The molecule has 2 atom stereocenters. The third kappa shape index (κ3) is 2.16. The second-order valence-electron chi connectivity index (χ2n) is 4.07. The molecule has 1 aliphatic carbocycles. The van der Waals surface area contributed by atoms with E-state index in [0.29, 0.717) is 12.3 Å². The molecule has 1 aliphatic rings. The van der Waals surface area contributed by atoms with E-state index in [0.717, 1.165) is 0 Å². The van der Waals surface area contributed by atoms with E-state index in [4.69, 9.17) is 0 Å². The van der Waals surface area contributed by atoms with Gasteiger partial charge in [-0.1, -0.05) is 13.8 Å². The zero-order valence-electron chi connectivity index (χ0n) is 7.56. The van der Waals surface area contributed by atoms with Gasteiger partial charge in [0.05, 0.1) is 6.10 Å². The van der Waals surface area contributed by atoms with Crippen LogP contribution in [-0.2, 0) is 0 Å². The number of aliphatic hydroxyl groups excluding tert-OH is 1. The minimum Gasteiger partial charge on any atom is -0.393 e. The molecule has 72 valence electrons. The Morgan fingerprint density at radius 2 is 2.00 bits per heavy atom. The highest BCUT2D eigenvalue weighted by Crippen LogP contribution is 2.39. The van der Waals surface area contributed by atoms with Crippen LogP contribution in [0.3, 0.4) is 0 Å². The highest BCUT2D eigenvalue weighted by atomic mass is 19.3. The maximum Gasteiger partial charge on any atom is 0.250 e. The average molecular weight is 178 g/mol. The first-order chi connectivity index (χ1) is 5.42. The van der Waals surface area contributed by atoms with Gasteiger partial charge < -0.3 is 5.11 Å². The Kier molecular flexibility index (Phi) is 2.71. The van der Waals surface area contributed by atoms with Crippen LogP contribution in [0.15, 0.2) is 0 Å². The summed E-state index contributed by atoms with van der Waals surface area (Å²) in [5.41, 5.74) is 0. The highest BCUT2D eigenvalue weighted by molar-refractivity contribution is 4.85. The van der Waals surface area contributed by atoms with E-state index in [1.54, 1.807) is 0 Å². The Labute approximate surface area is 71.8 Å².